The first-order valence-electron chi connectivity index (χ1n) is 5.40. The van der Waals surface area contributed by atoms with E-state index in [0.717, 1.165) is 19.3 Å². The molecule has 1 aromatic carbocycles. The minimum absolute atomic E-state index is 0.453. The Morgan fingerprint density at radius 1 is 1.27 bits per heavy atom. The van der Waals surface area contributed by atoms with Crippen molar-refractivity contribution < 1.29 is 9.90 Å². The van der Waals surface area contributed by atoms with E-state index >= 15 is 0 Å². The van der Waals surface area contributed by atoms with E-state index in [2.05, 4.69) is 6.92 Å². The van der Waals surface area contributed by atoms with E-state index in [4.69, 9.17) is 0 Å². The molecule has 0 aliphatic rings. The van der Waals surface area contributed by atoms with Crippen LogP contribution in [-0.4, -0.2) is 11.4 Å². The Bertz CT molecular complexity index is 295. The molecular weight excluding hydrogens is 188 g/mol. The van der Waals surface area contributed by atoms with Gasteiger partial charge in [-0.25, -0.2) is 0 Å². The standard InChI is InChI=1S/C13H17O2/c1-2-3-7-10-13(15,11-14)12-8-5-4-6-9-12/h4-6,8-9,15H,2-3,7,10H2,1H3. The fourth-order valence-corrected chi connectivity index (χ4v) is 1.60. The quantitative estimate of drug-likeness (QED) is 0.725. The van der Waals surface area contributed by atoms with Crippen molar-refractivity contribution in [2.75, 3.05) is 0 Å². The van der Waals surface area contributed by atoms with Gasteiger partial charge in [0, 0.05) is 0 Å². The van der Waals surface area contributed by atoms with Crippen molar-refractivity contribution in [2.24, 2.45) is 0 Å². The Hall–Kier alpha value is -1.15. The second-order valence-electron chi connectivity index (χ2n) is 3.79. The van der Waals surface area contributed by atoms with E-state index < -0.39 is 5.60 Å². The lowest BCUT2D eigenvalue weighted by molar-refractivity contribution is 0.0941. The Labute approximate surface area is 90.9 Å². The van der Waals surface area contributed by atoms with Gasteiger partial charge in [-0.3, -0.25) is 4.79 Å². The third-order valence-corrected chi connectivity index (χ3v) is 2.56. The van der Waals surface area contributed by atoms with Gasteiger partial charge in [-0.05, 0) is 18.4 Å². The summed E-state index contributed by atoms with van der Waals surface area (Å²) >= 11 is 0. The summed E-state index contributed by atoms with van der Waals surface area (Å²) < 4.78 is 0. The van der Waals surface area contributed by atoms with Gasteiger partial charge in [0.15, 0.2) is 5.60 Å². The highest BCUT2D eigenvalue weighted by molar-refractivity contribution is 5.66. The van der Waals surface area contributed by atoms with Gasteiger partial charge in [-0.15, -0.1) is 0 Å². The van der Waals surface area contributed by atoms with Crippen LogP contribution >= 0.6 is 0 Å². The smallest absolute Gasteiger partial charge is 0.237 e. The lowest BCUT2D eigenvalue weighted by Gasteiger charge is -2.20. The molecule has 0 fully saturated rings. The van der Waals surface area contributed by atoms with Crippen LogP contribution in [0.4, 0.5) is 0 Å². The Balaban J connectivity index is 2.72. The van der Waals surface area contributed by atoms with Crippen molar-refractivity contribution in [2.45, 2.75) is 38.2 Å². The number of benzene rings is 1. The Morgan fingerprint density at radius 3 is 2.47 bits per heavy atom. The van der Waals surface area contributed by atoms with Crippen molar-refractivity contribution in [3.63, 3.8) is 0 Å². The van der Waals surface area contributed by atoms with Gasteiger partial charge in [-0.2, -0.15) is 0 Å². The predicted molar refractivity (Wildman–Crippen MR) is 60.2 cm³/mol. The van der Waals surface area contributed by atoms with Crippen LogP contribution in [0.25, 0.3) is 0 Å². The molecule has 81 valence electrons. The van der Waals surface area contributed by atoms with Crippen LogP contribution < -0.4 is 0 Å². The van der Waals surface area contributed by atoms with E-state index in [1.54, 1.807) is 18.4 Å². The molecule has 0 spiro atoms. The van der Waals surface area contributed by atoms with Crippen LogP contribution in [-0.2, 0) is 10.4 Å². The van der Waals surface area contributed by atoms with Gasteiger partial charge in [0.05, 0.1) is 0 Å². The maximum absolute atomic E-state index is 10.8. The zero-order valence-corrected chi connectivity index (χ0v) is 9.07. The summed E-state index contributed by atoms with van der Waals surface area (Å²) in [6.45, 7) is 2.09. The molecule has 1 aromatic rings. The van der Waals surface area contributed by atoms with Gasteiger partial charge in [0.25, 0.3) is 0 Å². The molecule has 0 saturated carbocycles. The average molecular weight is 205 g/mol. The molecule has 2 heteroatoms. The van der Waals surface area contributed by atoms with Crippen LogP contribution in [0.5, 0.6) is 0 Å². The van der Waals surface area contributed by atoms with E-state index in [0.29, 0.717) is 12.0 Å². The highest BCUT2D eigenvalue weighted by Crippen LogP contribution is 2.25. The number of aliphatic hydroxyl groups is 1. The summed E-state index contributed by atoms with van der Waals surface area (Å²) in [6, 6.07) is 9.02. The van der Waals surface area contributed by atoms with Crippen molar-refractivity contribution >= 4 is 6.29 Å². The van der Waals surface area contributed by atoms with Gasteiger partial charge in [0.1, 0.15) is 0 Å². The number of carbonyl (C=O) groups excluding carboxylic acids is 1. The summed E-state index contributed by atoms with van der Waals surface area (Å²) in [5.74, 6) is 0. The van der Waals surface area contributed by atoms with Crippen molar-refractivity contribution in [1.29, 1.82) is 0 Å². The molecule has 0 saturated heterocycles. The number of hydrogen-bond donors (Lipinski definition) is 1. The zero-order valence-electron chi connectivity index (χ0n) is 9.07. The normalized spacial score (nSPS) is 14.5. The van der Waals surface area contributed by atoms with Crippen LogP contribution in [0.2, 0.25) is 0 Å². The van der Waals surface area contributed by atoms with Crippen molar-refractivity contribution in [3.05, 3.63) is 35.9 Å². The fraction of sp³-hybridized carbons (Fsp3) is 0.462. The van der Waals surface area contributed by atoms with Crippen LogP contribution in [0.3, 0.4) is 0 Å². The molecule has 15 heavy (non-hydrogen) atoms. The molecule has 0 heterocycles. The lowest BCUT2D eigenvalue weighted by atomic mass is 9.90. The first-order chi connectivity index (χ1) is 7.23. The Kier molecular flexibility index (Phi) is 4.50. The molecule has 1 unspecified atom stereocenters. The molecule has 1 atom stereocenters. The van der Waals surface area contributed by atoms with E-state index in [1.807, 2.05) is 18.2 Å². The largest absolute Gasteiger partial charge is 0.377 e. The summed E-state index contributed by atoms with van der Waals surface area (Å²) in [6.07, 6.45) is 5.15. The number of unbranched alkanes of at least 4 members (excludes halogenated alkanes) is 2. The third kappa shape index (κ3) is 3.17. The van der Waals surface area contributed by atoms with Crippen LogP contribution in [0.1, 0.15) is 38.2 Å². The average Bonchev–Trinajstić information content (AvgIpc) is 2.30. The number of hydrogen-bond acceptors (Lipinski definition) is 2. The molecule has 0 aliphatic carbocycles. The summed E-state index contributed by atoms with van der Waals surface area (Å²) in [5, 5.41) is 10.1. The zero-order chi connectivity index (χ0) is 11.1. The van der Waals surface area contributed by atoms with Crippen LogP contribution in [0.15, 0.2) is 30.3 Å². The maximum Gasteiger partial charge on any atom is 0.237 e. The third-order valence-electron chi connectivity index (χ3n) is 2.56. The fourth-order valence-electron chi connectivity index (χ4n) is 1.60. The molecule has 1 N–H and O–H groups in total. The topological polar surface area (TPSA) is 37.3 Å². The molecule has 0 bridgehead atoms. The highest BCUT2D eigenvalue weighted by Gasteiger charge is 2.28. The minimum atomic E-state index is -1.42. The summed E-state index contributed by atoms with van der Waals surface area (Å²) in [7, 11) is 0. The summed E-state index contributed by atoms with van der Waals surface area (Å²) in [5.41, 5.74) is -0.785. The van der Waals surface area contributed by atoms with Crippen molar-refractivity contribution in [1.82, 2.24) is 0 Å². The second kappa shape index (κ2) is 5.66. The Morgan fingerprint density at radius 2 is 1.93 bits per heavy atom. The van der Waals surface area contributed by atoms with E-state index in [9.17, 15) is 9.90 Å². The van der Waals surface area contributed by atoms with Gasteiger partial charge in [-0.1, -0.05) is 50.1 Å². The highest BCUT2D eigenvalue weighted by atomic mass is 16.3. The van der Waals surface area contributed by atoms with E-state index in [-0.39, 0.29) is 0 Å². The molecule has 1 radical (unpaired) electrons. The summed E-state index contributed by atoms with van der Waals surface area (Å²) in [4.78, 5) is 10.8. The molecule has 0 aliphatic heterocycles. The minimum Gasteiger partial charge on any atom is -0.377 e. The van der Waals surface area contributed by atoms with Gasteiger partial charge in [0.2, 0.25) is 6.29 Å². The first-order valence-corrected chi connectivity index (χ1v) is 5.40. The van der Waals surface area contributed by atoms with Crippen molar-refractivity contribution in [3.8, 4) is 0 Å². The SMILES string of the molecule is CCCCCC(O)([C]=O)c1ccccc1. The lowest BCUT2D eigenvalue weighted by Crippen LogP contribution is -2.27. The van der Waals surface area contributed by atoms with Gasteiger partial charge < -0.3 is 5.11 Å². The van der Waals surface area contributed by atoms with E-state index in [1.165, 1.54) is 0 Å². The first kappa shape index (κ1) is 11.9. The predicted octanol–water partition coefficient (Wildman–Crippen LogP) is 2.56. The maximum atomic E-state index is 10.8. The van der Waals surface area contributed by atoms with Gasteiger partial charge >= 0.3 is 0 Å². The monoisotopic (exact) mass is 205 g/mol. The van der Waals surface area contributed by atoms with Crippen LogP contribution in [0, 0.1) is 0 Å². The second-order valence-corrected chi connectivity index (χ2v) is 3.79. The molecule has 0 amide bonds. The number of rotatable bonds is 6. The molecule has 2 nitrogen and oxygen atoms in total. The molecular formula is C13H17O2. The molecule has 0 aromatic heterocycles. The molecule has 1 rings (SSSR count).